The van der Waals surface area contributed by atoms with Crippen molar-refractivity contribution in [2.24, 2.45) is 5.92 Å². The minimum atomic E-state index is -3.83. The van der Waals surface area contributed by atoms with E-state index in [2.05, 4.69) is 17.2 Å². The highest BCUT2D eigenvalue weighted by molar-refractivity contribution is 7.89. The normalized spacial score (nSPS) is 17.0. The van der Waals surface area contributed by atoms with Gasteiger partial charge >= 0.3 is 0 Å². The molecule has 1 aromatic carbocycles. The number of carbonyl (C=O) groups excluding carboxylic acids is 1. The van der Waals surface area contributed by atoms with Crippen molar-refractivity contribution in [3.8, 4) is 5.75 Å². The van der Waals surface area contributed by atoms with Gasteiger partial charge in [0.2, 0.25) is 0 Å². The van der Waals surface area contributed by atoms with Gasteiger partial charge < -0.3 is 4.74 Å². The molecule has 0 aliphatic heterocycles. The fourth-order valence-corrected chi connectivity index (χ4v) is 4.75. The average molecular weight is 380 g/mol. The Labute approximate surface area is 151 Å². The van der Waals surface area contributed by atoms with Gasteiger partial charge in [0.05, 0.1) is 16.9 Å². The smallest absolute Gasteiger partial charge is 0.276 e. The molecule has 1 aliphatic rings. The molecule has 134 valence electrons. The molecule has 1 amide bonds. The average Bonchev–Trinajstić information content (AvgIpc) is 3.03. The SMILES string of the molecule is COc1ccc(S(=O)(=O)NNC(=O)c2cc3c(s2)CC[C@H](C)C3)cc1. The molecule has 1 atom stereocenters. The molecule has 0 radical (unpaired) electrons. The minimum Gasteiger partial charge on any atom is -0.497 e. The first kappa shape index (κ1) is 17.9. The molecule has 3 rings (SSSR count). The fraction of sp³-hybridized carbons (Fsp3) is 0.353. The quantitative estimate of drug-likeness (QED) is 0.781. The Morgan fingerprint density at radius 1 is 1.28 bits per heavy atom. The molecule has 1 aromatic heterocycles. The maximum absolute atomic E-state index is 12.3. The first-order valence-electron chi connectivity index (χ1n) is 7.97. The summed E-state index contributed by atoms with van der Waals surface area (Å²) in [5.74, 6) is 0.733. The minimum absolute atomic E-state index is 0.0490. The summed E-state index contributed by atoms with van der Waals surface area (Å²) in [5.41, 5.74) is 3.49. The van der Waals surface area contributed by atoms with Crippen LogP contribution in [0.2, 0.25) is 0 Å². The molecule has 8 heteroatoms. The van der Waals surface area contributed by atoms with E-state index in [-0.39, 0.29) is 4.90 Å². The van der Waals surface area contributed by atoms with Crippen LogP contribution in [0.4, 0.5) is 0 Å². The van der Waals surface area contributed by atoms with Crippen molar-refractivity contribution < 1.29 is 17.9 Å². The molecule has 0 unspecified atom stereocenters. The number of rotatable bonds is 5. The third-order valence-corrected chi connectivity index (χ3v) is 6.72. The molecule has 2 aromatic rings. The van der Waals surface area contributed by atoms with Gasteiger partial charge in [0.15, 0.2) is 0 Å². The lowest BCUT2D eigenvalue weighted by Crippen LogP contribution is -2.41. The number of amides is 1. The van der Waals surface area contributed by atoms with Crippen LogP contribution in [0.3, 0.4) is 0 Å². The van der Waals surface area contributed by atoms with Crippen LogP contribution in [0.25, 0.3) is 0 Å². The molecule has 25 heavy (non-hydrogen) atoms. The number of hydrogen-bond acceptors (Lipinski definition) is 5. The molecule has 0 saturated carbocycles. The highest BCUT2D eigenvalue weighted by Gasteiger charge is 2.22. The van der Waals surface area contributed by atoms with E-state index < -0.39 is 15.9 Å². The summed E-state index contributed by atoms with van der Waals surface area (Å²) in [6, 6.07) is 7.79. The third-order valence-electron chi connectivity index (χ3n) is 4.22. The molecule has 0 fully saturated rings. The van der Waals surface area contributed by atoms with E-state index in [4.69, 9.17) is 4.74 Å². The van der Waals surface area contributed by atoms with E-state index in [0.717, 1.165) is 19.3 Å². The number of carbonyl (C=O) groups is 1. The van der Waals surface area contributed by atoms with E-state index >= 15 is 0 Å². The summed E-state index contributed by atoms with van der Waals surface area (Å²) in [6.45, 7) is 2.20. The number of hydrogen-bond donors (Lipinski definition) is 2. The summed E-state index contributed by atoms with van der Waals surface area (Å²) < 4.78 is 29.5. The van der Waals surface area contributed by atoms with Crippen LogP contribution in [0.1, 0.15) is 33.5 Å². The first-order valence-corrected chi connectivity index (χ1v) is 10.3. The summed E-state index contributed by atoms with van der Waals surface area (Å²) in [4.78, 5) is 16.2. The molecule has 2 N–H and O–H groups in total. The molecule has 1 heterocycles. The Bertz CT molecular complexity index is 873. The molecular weight excluding hydrogens is 360 g/mol. The van der Waals surface area contributed by atoms with Crippen molar-refractivity contribution in [1.82, 2.24) is 10.3 Å². The maximum atomic E-state index is 12.3. The summed E-state index contributed by atoms with van der Waals surface area (Å²) in [6.07, 6.45) is 3.07. The number of ether oxygens (including phenoxy) is 1. The van der Waals surface area contributed by atoms with Crippen molar-refractivity contribution in [3.05, 3.63) is 45.6 Å². The Morgan fingerprint density at radius 2 is 2.00 bits per heavy atom. The number of methoxy groups -OCH3 is 1. The molecule has 0 spiro atoms. The van der Waals surface area contributed by atoms with Gasteiger partial charge in [-0.05, 0) is 61.1 Å². The molecule has 0 saturated heterocycles. The summed E-state index contributed by atoms with van der Waals surface area (Å²) >= 11 is 1.43. The van der Waals surface area contributed by atoms with Crippen molar-refractivity contribution in [2.45, 2.75) is 31.1 Å². The Hall–Kier alpha value is -1.90. The highest BCUT2D eigenvalue weighted by Crippen LogP contribution is 2.32. The monoisotopic (exact) mass is 380 g/mol. The Morgan fingerprint density at radius 3 is 2.68 bits per heavy atom. The van der Waals surface area contributed by atoms with Gasteiger partial charge in [-0.2, -0.15) is 0 Å². The van der Waals surface area contributed by atoms with Crippen LogP contribution < -0.4 is 15.0 Å². The van der Waals surface area contributed by atoms with Crippen LogP contribution in [-0.4, -0.2) is 21.4 Å². The maximum Gasteiger partial charge on any atom is 0.276 e. The lowest BCUT2D eigenvalue weighted by atomic mass is 9.90. The zero-order valence-electron chi connectivity index (χ0n) is 14.0. The second-order valence-corrected chi connectivity index (χ2v) is 8.96. The lowest BCUT2D eigenvalue weighted by Gasteiger charge is -2.16. The van der Waals surface area contributed by atoms with Crippen LogP contribution in [0.15, 0.2) is 35.2 Å². The van der Waals surface area contributed by atoms with Crippen molar-refractivity contribution in [1.29, 1.82) is 0 Å². The van der Waals surface area contributed by atoms with Gasteiger partial charge in [-0.3, -0.25) is 10.2 Å². The molecule has 1 aliphatic carbocycles. The number of fused-ring (bicyclic) bond motifs is 1. The second kappa shape index (κ2) is 7.15. The van der Waals surface area contributed by atoms with Crippen LogP contribution in [-0.2, 0) is 22.9 Å². The van der Waals surface area contributed by atoms with E-state index in [0.29, 0.717) is 16.5 Å². The fourth-order valence-electron chi connectivity index (χ4n) is 2.81. The number of thiophene rings is 1. The van der Waals surface area contributed by atoms with Gasteiger partial charge in [0.25, 0.3) is 15.9 Å². The van der Waals surface area contributed by atoms with Gasteiger partial charge in [-0.1, -0.05) is 6.92 Å². The Kier molecular flexibility index (Phi) is 5.12. The largest absolute Gasteiger partial charge is 0.497 e. The topological polar surface area (TPSA) is 84.5 Å². The van der Waals surface area contributed by atoms with E-state index in [1.54, 1.807) is 12.1 Å². The zero-order chi connectivity index (χ0) is 18.0. The molecular formula is C17H20N2O4S2. The second-order valence-electron chi connectivity index (χ2n) is 6.14. The van der Waals surface area contributed by atoms with E-state index in [1.165, 1.54) is 41.0 Å². The van der Waals surface area contributed by atoms with Gasteiger partial charge in [0, 0.05) is 4.88 Å². The summed E-state index contributed by atoms with van der Waals surface area (Å²) in [5, 5.41) is 0. The third kappa shape index (κ3) is 4.02. The zero-order valence-corrected chi connectivity index (χ0v) is 15.7. The predicted molar refractivity (Wildman–Crippen MR) is 96.3 cm³/mol. The summed E-state index contributed by atoms with van der Waals surface area (Å²) in [7, 11) is -2.33. The van der Waals surface area contributed by atoms with Crippen molar-refractivity contribution in [2.75, 3.05) is 7.11 Å². The van der Waals surface area contributed by atoms with Gasteiger partial charge in [-0.15, -0.1) is 16.2 Å². The van der Waals surface area contributed by atoms with Gasteiger partial charge in [0.1, 0.15) is 5.75 Å². The number of sulfonamides is 1. The Balaban J connectivity index is 1.67. The highest BCUT2D eigenvalue weighted by atomic mass is 32.2. The molecule has 0 bridgehead atoms. The van der Waals surface area contributed by atoms with Gasteiger partial charge in [-0.25, -0.2) is 8.42 Å². The molecule has 6 nitrogen and oxygen atoms in total. The lowest BCUT2D eigenvalue weighted by molar-refractivity contribution is 0.0949. The van der Waals surface area contributed by atoms with E-state index in [9.17, 15) is 13.2 Å². The number of aryl methyl sites for hydroxylation is 1. The van der Waals surface area contributed by atoms with Crippen molar-refractivity contribution in [3.63, 3.8) is 0 Å². The van der Waals surface area contributed by atoms with Crippen molar-refractivity contribution >= 4 is 27.3 Å². The first-order chi connectivity index (χ1) is 11.9. The van der Waals surface area contributed by atoms with Crippen LogP contribution in [0, 0.1) is 5.92 Å². The van der Waals surface area contributed by atoms with Crippen LogP contribution >= 0.6 is 11.3 Å². The van der Waals surface area contributed by atoms with E-state index in [1.807, 2.05) is 6.07 Å². The number of benzene rings is 1. The number of nitrogens with one attached hydrogen (secondary N) is 2. The standard InChI is InChI=1S/C17H20N2O4S2/c1-11-3-8-15-12(9-11)10-16(24-15)17(20)18-19-25(21,22)14-6-4-13(23-2)5-7-14/h4-7,10-11,19H,3,8-9H2,1-2H3,(H,18,20)/t11-/m0/s1. The number of hydrazine groups is 1. The predicted octanol–water partition coefficient (Wildman–Crippen LogP) is 2.50. The van der Waals surface area contributed by atoms with Crippen LogP contribution in [0.5, 0.6) is 5.75 Å².